The van der Waals surface area contributed by atoms with E-state index in [2.05, 4.69) is 15.2 Å². The van der Waals surface area contributed by atoms with Gasteiger partial charge < -0.3 is 15.0 Å². The van der Waals surface area contributed by atoms with Crippen LogP contribution in [0.15, 0.2) is 12.1 Å². The Kier molecular flexibility index (Phi) is 7.08. The number of aromatic nitrogens is 1. The zero-order chi connectivity index (χ0) is 19.3. The largest absolute Gasteiger partial charge is 0.444 e. The van der Waals surface area contributed by atoms with Crippen molar-refractivity contribution in [1.82, 2.24) is 20.1 Å². The lowest BCUT2D eigenvalue weighted by molar-refractivity contribution is 0.0147. The fourth-order valence-corrected chi connectivity index (χ4v) is 2.81. The molecule has 144 valence electrons. The predicted octanol–water partition coefficient (Wildman–Crippen LogP) is 2.67. The third-order valence-electron chi connectivity index (χ3n) is 3.76. The first-order valence-corrected chi connectivity index (χ1v) is 9.22. The summed E-state index contributed by atoms with van der Waals surface area (Å²) in [4.78, 5) is 32.0. The van der Waals surface area contributed by atoms with Crippen molar-refractivity contribution >= 4 is 35.2 Å². The van der Waals surface area contributed by atoms with Crippen LogP contribution in [0, 0.1) is 0 Å². The second kappa shape index (κ2) is 8.88. The molecule has 1 saturated heterocycles. The number of rotatable bonds is 4. The SMILES string of the molecule is CC(C)(C)OC(=O)N1CCN(CCNC(=O)c2nc(Cl)ccc2Cl)CC1. The van der Waals surface area contributed by atoms with Crippen LogP contribution >= 0.6 is 23.2 Å². The van der Waals surface area contributed by atoms with E-state index in [0.29, 0.717) is 26.2 Å². The van der Waals surface area contributed by atoms with Crippen LogP contribution in [0.5, 0.6) is 0 Å². The van der Waals surface area contributed by atoms with Crippen molar-refractivity contribution in [1.29, 1.82) is 0 Å². The van der Waals surface area contributed by atoms with Crippen LogP contribution in [0.4, 0.5) is 4.79 Å². The number of pyridine rings is 1. The molecule has 0 bridgehead atoms. The number of piperazine rings is 1. The Labute approximate surface area is 163 Å². The number of amides is 2. The summed E-state index contributed by atoms with van der Waals surface area (Å²) in [5.41, 5.74) is -0.373. The lowest BCUT2D eigenvalue weighted by Crippen LogP contribution is -2.51. The van der Waals surface area contributed by atoms with E-state index in [1.54, 1.807) is 11.0 Å². The first-order valence-electron chi connectivity index (χ1n) is 8.46. The molecule has 0 radical (unpaired) electrons. The van der Waals surface area contributed by atoms with Crippen LogP contribution in [0.3, 0.4) is 0 Å². The van der Waals surface area contributed by atoms with Crippen LogP contribution in [-0.2, 0) is 4.74 Å². The van der Waals surface area contributed by atoms with Gasteiger partial charge in [-0.15, -0.1) is 0 Å². The van der Waals surface area contributed by atoms with Crippen molar-refractivity contribution in [2.75, 3.05) is 39.3 Å². The van der Waals surface area contributed by atoms with Crippen LogP contribution < -0.4 is 5.32 Å². The van der Waals surface area contributed by atoms with Crippen molar-refractivity contribution in [2.45, 2.75) is 26.4 Å². The first kappa shape index (κ1) is 20.7. The third-order valence-corrected chi connectivity index (χ3v) is 4.28. The first-order chi connectivity index (χ1) is 12.2. The average molecular weight is 403 g/mol. The summed E-state index contributed by atoms with van der Waals surface area (Å²) in [7, 11) is 0. The number of nitrogens with zero attached hydrogens (tertiary/aromatic N) is 3. The molecule has 26 heavy (non-hydrogen) atoms. The van der Waals surface area contributed by atoms with Gasteiger partial charge in [0.2, 0.25) is 0 Å². The number of carbonyl (C=O) groups is 2. The quantitative estimate of drug-likeness (QED) is 0.783. The molecule has 2 rings (SSSR count). The fourth-order valence-electron chi connectivity index (χ4n) is 2.47. The van der Waals surface area contributed by atoms with E-state index in [1.165, 1.54) is 6.07 Å². The zero-order valence-electron chi connectivity index (χ0n) is 15.2. The highest BCUT2D eigenvalue weighted by atomic mass is 35.5. The van der Waals surface area contributed by atoms with Crippen LogP contribution in [0.25, 0.3) is 0 Å². The number of carbonyl (C=O) groups excluding carboxylic acids is 2. The Morgan fingerprint density at radius 1 is 1.19 bits per heavy atom. The van der Waals surface area contributed by atoms with Crippen molar-refractivity contribution in [3.05, 3.63) is 28.0 Å². The number of halogens is 2. The highest BCUT2D eigenvalue weighted by Gasteiger charge is 2.25. The molecule has 1 aromatic rings. The van der Waals surface area contributed by atoms with Crippen molar-refractivity contribution in [3.8, 4) is 0 Å². The van der Waals surface area contributed by atoms with Crippen molar-refractivity contribution in [3.63, 3.8) is 0 Å². The van der Waals surface area contributed by atoms with Crippen LogP contribution in [0.2, 0.25) is 10.2 Å². The van der Waals surface area contributed by atoms with E-state index in [0.717, 1.165) is 13.1 Å². The summed E-state index contributed by atoms with van der Waals surface area (Å²) in [6.45, 7) is 9.34. The van der Waals surface area contributed by atoms with Gasteiger partial charge in [0.25, 0.3) is 5.91 Å². The molecule has 1 fully saturated rings. The molecule has 9 heteroatoms. The van der Waals surface area contributed by atoms with E-state index in [4.69, 9.17) is 27.9 Å². The Morgan fingerprint density at radius 3 is 2.46 bits per heavy atom. The molecule has 0 atom stereocenters. The normalized spacial score (nSPS) is 15.7. The molecular weight excluding hydrogens is 379 g/mol. The van der Waals surface area contributed by atoms with Gasteiger partial charge in [-0.1, -0.05) is 23.2 Å². The molecule has 1 aliphatic rings. The van der Waals surface area contributed by atoms with E-state index in [9.17, 15) is 9.59 Å². The van der Waals surface area contributed by atoms with Crippen LogP contribution in [0.1, 0.15) is 31.3 Å². The molecule has 0 aliphatic carbocycles. The topological polar surface area (TPSA) is 74.8 Å². The van der Waals surface area contributed by atoms with E-state index >= 15 is 0 Å². The Hall–Kier alpha value is -1.57. The number of hydrogen-bond acceptors (Lipinski definition) is 5. The second-order valence-corrected chi connectivity index (χ2v) is 7.82. The van der Waals surface area contributed by atoms with Gasteiger partial charge in [0, 0.05) is 39.3 Å². The summed E-state index contributed by atoms with van der Waals surface area (Å²) in [5.74, 6) is -0.357. The Balaban J connectivity index is 1.73. The molecule has 0 unspecified atom stereocenters. The maximum atomic E-state index is 12.1. The minimum atomic E-state index is -0.492. The standard InChI is InChI=1S/C17H24Cl2N4O3/c1-17(2,3)26-16(25)23-10-8-22(9-11-23)7-6-20-15(24)14-12(18)4-5-13(19)21-14/h4-5H,6-11H2,1-3H3,(H,20,24). The van der Waals surface area contributed by atoms with E-state index in [1.807, 2.05) is 20.8 Å². The molecule has 2 heterocycles. The van der Waals surface area contributed by atoms with Gasteiger partial charge in [-0.05, 0) is 32.9 Å². The molecule has 7 nitrogen and oxygen atoms in total. The highest BCUT2D eigenvalue weighted by Crippen LogP contribution is 2.16. The van der Waals surface area contributed by atoms with Gasteiger partial charge in [0.05, 0.1) is 5.02 Å². The lowest BCUT2D eigenvalue weighted by Gasteiger charge is -2.35. The Bertz CT molecular complexity index is 656. The molecule has 1 aromatic heterocycles. The maximum Gasteiger partial charge on any atom is 0.410 e. The monoisotopic (exact) mass is 402 g/mol. The lowest BCUT2D eigenvalue weighted by atomic mass is 10.2. The number of nitrogens with one attached hydrogen (secondary N) is 1. The van der Waals surface area contributed by atoms with Gasteiger partial charge in [0.1, 0.15) is 16.4 Å². The van der Waals surface area contributed by atoms with Crippen molar-refractivity contribution < 1.29 is 14.3 Å². The molecule has 1 N–H and O–H groups in total. The summed E-state index contributed by atoms with van der Waals surface area (Å²) < 4.78 is 5.38. The minimum Gasteiger partial charge on any atom is -0.444 e. The molecular formula is C17H24Cl2N4O3. The molecule has 0 saturated carbocycles. The summed E-state index contributed by atoms with van der Waals surface area (Å²) in [5, 5.41) is 3.27. The minimum absolute atomic E-state index is 0.119. The van der Waals surface area contributed by atoms with Crippen molar-refractivity contribution in [2.24, 2.45) is 0 Å². The second-order valence-electron chi connectivity index (χ2n) is 7.03. The smallest absolute Gasteiger partial charge is 0.410 e. The summed E-state index contributed by atoms with van der Waals surface area (Å²) in [6, 6.07) is 3.08. The van der Waals surface area contributed by atoms with Gasteiger partial charge in [-0.25, -0.2) is 9.78 Å². The number of ether oxygens (including phenoxy) is 1. The van der Waals surface area contributed by atoms with Gasteiger partial charge in [-0.2, -0.15) is 0 Å². The summed E-state index contributed by atoms with van der Waals surface area (Å²) in [6.07, 6.45) is -0.285. The number of hydrogen-bond donors (Lipinski definition) is 1. The Morgan fingerprint density at radius 2 is 1.85 bits per heavy atom. The molecule has 1 aliphatic heterocycles. The van der Waals surface area contributed by atoms with Gasteiger partial charge in [0.15, 0.2) is 0 Å². The van der Waals surface area contributed by atoms with Gasteiger partial charge >= 0.3 is 6.09 Å². The fraction of sp³-hybridized carbons (Fsp3) is 0.588. The highest BCUT2D eigenvalue weighted by molar-refractivity contribution is 6.34. The molecule has 0 aromatic carbocycles. The van der Waals surface area contributed by atoms with E-state index in [-0.39, 0.29) is 27.9 Å². The average Bonchev–Trinajstić information content (AvgIpc) is 2.56. The van der Waals surface area contributed by atoms with Crippen LogP contribution in [-0.4, -0.2) is 71.7 Å². The maximum absolute atomic E-state index is 12.1. The molecule has 2 amide bonds. The third kappa shape index (κ3) is 6.30. The predicted molar refractivity (Wildman–Crippen MR) is 101 cm³/mol. The zero-order valence-corrected chi connectivity index (χ0v) is 16.7. The molecule has 0 spiro atoms. The van der Waals surface area contributed by atoms with E-state index < -0.39 is 5.60 Å². The van der Waals surface area contributed by atoms with Gasteiger partial charge in [-0.3, -0.25) is 9.69 Å². The summed E-state index contributed by atoms with van der Waals surface area (Å²) >= 11 is 11.8.